The smallest absolute Gasteiger partial charge is 0.259 e. The fourth-order valence-electron chi connectivity index (χ4n) is 5.00. The number of nitrogens with one attached hydrogen (secondary N) is 1. The zero-order valence-corrected chi connectivity index (χ0v) is 17.6. The SMILES string of the molecule is [O-][N+]1=C(c2ccccc2)/C(=C2\c3ccccc3[NH+]([O-])C2(O)c2ccccc2)c2ccccc21. The van der Waals surface area contributed by atoms with E-state index < -0.39 is 5.72 Å². The molecule has 0 amide bonds. The number of hydrogen-bond donors (Lipinski definition) is 2. The van der Waals surface area contributed by atoms with Gasteiger partial charge in [0.05, 0.1) is 16.7 Å². The van der Waals surface area contributed by atoms with Crippen LogP contribution >= 0.6 is 0 Å². The van der Waals surface area contributed by atoms with Crippen LogP contribution in [0.15, 0.2) is 109 Å². The summed E-state index contributed by atoms with van der Waals surface area (Å²) in [5, 5.41) is 39.1. The van der Waals surface area contributed by atoms with E-state index in [9.17, 15) is 15.5 Å². The average molecular weight is 432 g/mol. The number of nitrogens with zero attached hydrogens (tertiary/aromatic N) is 1. The molecule has 2 aliphatic heterocycles. The number of hydrogen-bond acceptors (Lipinski definition) is 3. The zero-order chi connectivity index (χ0) is 22.6. The van der Waals surface area contributed by atoms with Crippen LogP contribution in [0.3, 0.4) is 0 Å². The minimum atomic E-state index is -1.92. The lowest BCUT2D eigenvalue weighted by Crippen LogP contribution is -3.08. The second-order valence-electron chi connectivity index (χ2n) is 8.23. The van der Waals surface area contributed by atoms with Gasteiger partial charge in [-0.3, -0.25) is 0 Å². The van der Waals surface area contributed by atoms with Crippen molar-refractivity contribution >= 4 is 28.2 Å². The van der Waals surface area contributed by atoms with Gasteiger partial charge in [0.2, 0.25) is 11.4 Å². The quantitative estimate of drug-likeness (QED) is 0.370. The maximum absolute atomic E-state index is 13.7. The molecule has 4 aromatic carbocycles. The van der Waals surface area contributed by atoms with Crippen molar-refractivity contribution in [2.24, 2.45) is 0 Å². The number of quaternary nitrogens is 1. The Morgan fingerprint density at radius 3 is 2.00 bits per heavy atom. The molecule has 4 aromatic rings. The van der Waals surface area contributed by atoms with Crippen LogP contribution in [0.1, 0.15) is 22.3 Å². The molecule has 0 aliphatic carbocycles. The lowest BCUT2D eigenvalue weighted by Gasteiger charge is -2.34. The molecule has 0 bridgehead atoms. The van der Waals surface area contributed by atoms with Crippen molar-refractivity contribution in [2.75, 3.05) is 0 Å². The number of fused-ring (bicyclic) bond motifs is 2. The van der Waals surface area contributed by atoms with E-state index >= 15 is 0 Å². The van der Waals surface area contributed by atoms with Gasteiger partial charge in [-0.05, 0) is 36.4 Å². The Morgan fingerprint density at radius 2 is 1.27 bits per heavy atom. The number of para-hydroxylation sites is 2. The molecule has 160 valence electrons. The molecule has 0 radical (unpaired) electrons. The standard InChI is InChI=1S/C28H20N2O3/c31-28(20-13-5-2-6-14-20)26(22-16-8-10-18-24(22)30(28)33)25-21-15-7-9-17-23(21)29(32)27(25)19-11-3-1-4-12-19/h1-18,30-31H/b26-25+. The predicted octanol–water partition coefficient (Wildman–Crippen LogP) is 4.12. The largest absolute Gasteiger partial charge is 0.626 e. The van der Waals surface area contributed by atoms with E-state index in [0.717, 1.165) is 10.3 Å². The summed E-state index contributed by atoms with van der Waals surface area (Å²) >= 11 is 0. The van der Waals surface area contributed by atoms with Gasteiger partial charge in [0, 0.05) is 28.8 Å². The average Bonchev–Trinajstić information content (AvgIpc) is 3.29. The molecule has 0 spiro atoms. The maximum atomic E-state index is 13.7. The summed E-state index contributed by atoms with van der Waals surface area (Å²) in [6.07, 6.45) is 0. The van der Waals surface area contributed by atoms with Crippen molar-refractivity contribution in [3.8, 4) is 0 Å². The Bertz CT molecular complexity index is 1440. The van der Waals surface area contributed by atoms with Crippen LogP contribution in [-0.4, -0.2) is 15.6 Å². The summed E-state index contributed by atoms with van der Waals surface area (Å²) in [5.41, 5.74) is 3.00. The Labute approximate surface area is 191 Å². The van der Waals surface area contributed by atoms with Gasteiger partial charge < -0.3 is 20.6 Å². The second-order valence-corrected chi connectivity index (χ2v) is 8.23. The normalized spacial score (nSPS) is 23.5. The highest BCUT2D eigenvalue weighted by atomic mass is 16.5. The fraction of sp³-hybridized carbons (Fsp3) is 0.0357. The van der Waals surface area contributed by atoms with Crippen molar-refractivity contribution in [1.82, 2.24) is 0 Å². The molecular weight excluding hydrogens is 412 g/mol. The van der Waals surface area contributed by atoms with Gasteiger partial charge in [0.1, 0.15) is 5.69 Å². The summed E-state index contributed by atoms with van der Waals surface area (Å²) < 4.78 is 0.907. The van der Waals surface area contributed by atoms with Crippen LogP contribution in [0.2, 0.25) is 0 Å². The monoisotopic (exact) mass is 432 g/mol. The number of benzene rings is 4. The molecule has 2 N–H and O–H groups in total. The molecule has 0 aromatic heterocycles. The molecule has 0 saturated heterocycles. The van der Waals surface area contributed by atoms with Crippen LogP contribution in [0.4, 0.5) is 11.4 Å². The van der Waals surface area contributed by atoms with Crippen molar-refractivity contribution in [2.45, 2.75) is 5.72 Å². The first kappa shape index (κ1) is 19.6. The van der Waals surface area contributed by atoms with E-state index in [0.29, 0.717) is 44.9 Å². The van der Waals surface area contributed by atoms with E-state index in [4.69, 9.17) is 0 Å². The van der Waals surface area contributed by atoms with Gasteiger partial charge >= 0.3 is 0 Å². The van der Waals surface area contributed by atoms with E-state index in [2.05, 4.69) is 0 Å². The number of hydroxylamine groups is 1. The molecular formula is C28H20N2O3. The van der Waals surface area contributed by atoms with E-state index in [1.807, 2.05) is 66.7 Å². The molecule has 33 heavy (non-hydrogen) atoms. The summed E-state index contributed by atoms with van der Waals surface area (Å²) in [6.45, 7) is 0. The Hall–Kier alpha value is -4.03. The molecule has 0 fully saturated rings. The van der Waals surface area contributed by atoms with E-state index in [1.165, 1.54) is 0 Å². The van der Waals surface area contributed by atoms with Gasteiger partial charge in [-0.1, -0.05) is 60.7 Å². The Balaban J connectivity index is 1.78. The van der Waals surface area contributed by atoms with Crippen molar-refractivity contribution in [1.29, 1.82) is 0 Å². The molecule has 2 atom stereocenters. The van der Waals surface area contributed by atoms with Crippen molar-refractivity contribution in [3.05, 3.63) is 142 Å². The van der Waals surface area contributed by atoms with Crippen LogP contribution in [-0.2, 0) is 5.72 Å². The van der Waals surface area contributed by atoms with Gasteiger partial charge in [-0.25, -0.2) is 0 Å². The van der Waals surface area contributed by atoms with Gasteiger partial charge in [-0.15, -0.1) is 0 Å². The molecule has 2 unspecified atom stereocenters. The van der Waals surface area contributed by atoms with Gasteiger partial charge in [0.25, 0.3) is 5.72 Å². The minimum Gasteiger partial charge on any atom is -0.626 e. The maximum Gasteiger partial charge on any atom is 0.259 e. The number of rotatable bonds is 2. The third kappa shape index (κ3) is 2.68. The minimum absolute atomic E-state index is 0.388. The summed E-state index contributed by atoms with van der Waals surface area (Å²) in [5.74, 6) is 0. The van der Waals surface area contributed by atoms with Crippen molar-refractivity contribution in [3.63, 3.8) is 0 Å². The van der Waals surface area contributed by atoms with Crippen molar-refractivity contribution < 1.29 is 14.9 Å². The molecule has 0 saturated carbocycles. The van der Waals surface area contributed by atoms with Crippen LogP contribution in [0, 0.1) is 10.4 Å². The highest BCUT2D eigenvalue weighted by Crippen LogP contribution is 2.49. The van der Waals surface area contributed by atoms with Gasteiger partial charge in [-0.2, -0.15) is 4.74 Å². The van der Waals surface area contributed by atoms with E-state index in [1.54, 1.807) is 42.5 Å². The third-order valence-electron chi connectivity index (χ3n) is 6.45. The molecule has 2 heterocycles. The summed E-state index contributed by atoms with van der Waals surface area (Å²) in [7, 11) is 0. The zero-order valence-electron chi connectivity index (χ0n) is 17.6. The lowest BCUT2D eigenvalue weighted by molar-refractivity contribution is -0.864. The van der Waals surface area contributed by atoms with Gasteiger partial charge in [0.15, 0.2) is 0 Å². The third-order valence-corrected chi connectivity index (χ3v) is 6.45. The van der Waals surface area contributed by atoms with Crippen LogP contribution in [0.25, 0.3) is 11.1 Å². The first-order chi connectivity index (χ1) is 16.1. The molecule has 2 aliphatic rings. The molecule has 5 heteroatoms. The summed E-state index contributed by atoms with van der Waals surface area (Å²) in [6, 6.07) is 32.9. The predicted molar refractivity (Wildman–Crippen MR) is 128 cm³/mol. The number of aliphatic hydroxyl groups is 1. The topological polar surface area (TPSA) is 73.8 Å². The summed E-state index contributed by atoms with van der Waals surface area (Å²) in [4.78, 5) is 0. The first-order valence-corrected chi connectivity index (χ1v) is 10.8. The molecule has 6 rings (SSSR count). The molecule has 5 nitrogen and oxygen atoms in total. The highest BCUT2D eigenvalue weighted by molar-refractivity contribution is 6.38. The van der Waals surface area contributed by atoms with E-state index in [-0.39, 0.29) is 5.06 Å². The highest BCUT2D eigenvalue weighted by Gasteiger charge is 2.54. The second kappa shape index (κ2) is 7.25. The lowest BCUT2D eigenvalue weighted by atomic mass is 9.83. The van der Waals surface area contributed by atoms with Crippen LogP contribution in [0.5, 0.6) is 0 Å². The fourth-order valence-corrected chi connectivity index (χ4v) is 5.00. The van der Waals surface area contributed by atoms with Crippen LogP contribution < -0.4 is 5.06 Å². The number of allylic oxidation sites excluding steroid dienone is 1. The first-order valence-electron chi connectivity index (χ1n) is 10.8. The Kier molecular flexibility index (Phi) is 4.32. The Morgan fingerprint density at radius 1 is 0.697 bits per heavy atom.